The Labute approximate surface area is 138 Å². The maximum atomic E-state index is 13.0. The summed E-state index contributed by atoms with van der Waals surface area (Å²) in [7, 11) is 1.71. The molecule has 1 saturated heterocycles. The summed E-state index contributed by atoms with van der Waals surface area (Å²) in [5, 5.41) is 2.84. The highest BCUT2D eigenvalue weighted by molar-refractivity contribution is 6.34. The lowest BCUT2D eigenvalue weighted by atomic mass is 10.1. The molecule has 0 spiro atoms. The van der Waals surface area contributed by atoms with Crippen molar-refractivity contribution >= 4 is 28.9 Å². The number of hydrogen-bond acceptors (Lipinski definition) is 3. The molecule has 6 heteroatoms. The average molecular weight is 335 g/mol. The number of amides is 1. The van der Waals surface area contributed by atoms with Gasteiger partial charge in [0.05, 0.1) is 16.7 Å². The lowest BCUT2D eigenvalue weighted by Crippen LogP contribution is -2.51. The van der Waals surface area contributed by atoms with Gasteiger partial charge in [0, 0.05) is 31.6 Å². The van der Waals surface area contributed by atoms with Gasteiger partial charge >= 0.3 is 0 Å². The van der Waals surface area contributed by atoms with Gasteiger partial charge in [0.1, 0.15) is 5.82 Å². The Morgan fingerprint density at radius 2 is 1.96 bits per heavy atom. The molecule has 1 N–H and O–H groups in total. The van der Waals surface area contributed by atoms with Gasteiger partial charge in [0.15, 0.2) is 0 Å². The number of nitrogens with one attached hydrogen (secondary N) is 1. The first-order valence-corrected chi connectivity index (χ1v) is 7.59. The van der Waals surface area contributed by atoms with Crippen LogP contribution in [0.15, 0.2) is 42.5 Å². The SMILES string of the molecule is COC1CN(c2ccc(NC(=O)c3ccc(F)cc3Cl)cc2)C1. The molecule has 0 aromatic heterocycles. The number of hydrogen-bond donors (Lipinski definition) is 1. The third-order valence-corrected chi connectivity index (χ3v) is 4.16. The molecule has 0 bridgehead atoms. The fourth-order valence-electron chi connectivity index (χ4n) is 2.43. The summed E-state index contributed by atoms with van der Waals surface area (Å²) in [4.78, 5) is 14.4. The van der Waals surface area contributed by atoms with Gasteiger partial charge in [-0.1, -0.05) is 11.6 Å². The highest BCUT2D eigenvalue weighted by Crippen LogP contribution is 2.24. The van der Waals surface area contributed by atoms with Crippen LogP contribution in [0, 0.1) is 5.82 Å². The third kappa shape index (κ3) is 3.46. The normalized spacial score (nSPS) is 14.5. The Kier molecular flexibility index (Phi) is 4.50. The first-order valence-electron chi connectivity index (χ1n) is 7.21. The van der Waals surface area contributed by atoms with Gasteiger partial charge in [-0.3, -0.25) is 4.79 Å². The fraction of sp³-hybridized carbons (Fsp3) is 0.235. The molecular formula is C17H16ClFN2O2. The smallest absolute Gasteiger partial charge is 0.257 e. The standard InChI is InChI=1S/C17H16ClFN2O2/c1-23-14-9-21(10-14)13-5-3-12(4-6-13)20-17(22)15-7-2-11(19)8-16(15)18/h2-8,14H,9-10H2,1H3,(H,20,22). The maximum Gasteiger partial charge on any atom is 0.257 e. The molecular weight excluding hydrogens is 319 g/mol. The molecule has 1 heterocycles. The van der Waals surface area contributed by atoms with Crippen molar-refractivity contribution in [1.82, 2.24) is 0 Å². The van der Waals surface area contributed by atoms with Gasteiger partial charge in [-0.15, -0.1) is 0 Å². The van der Waals surface area contributed by atoms with Crippen molar-refractivity contribution < 1.29 is 13.9 Å². The molecule has 1 aliphatic rings. The summed E-state index contributed by atoms with van der Waals surface area (Å²) in [5.41, 5.74) is 1.97. The Morgan fingerprint density at radius 3 is 2.57 bits per heavy atom. The third-order valence-electron chi connectivity index (χ3n) is 3.85. The second-order valence-corrected chi connectivity index (χ2v) is 5.80. The van der Waals surface area contributed by atoms with Crippen molar-refractivity contribution in [3.8, 4) is 0 Å². The van der Waals surface area contributed by atoms with Crippen molar-refractivity contribution in [3.63, 3.8) is 0 Å². The Morgan fingerprint density at radius 1 is 1.26 bits per heavy atom. The first kappa shape index (κ1) is 15.8. The zero-order valence-corrected chi connectivity index (χ0v) is 13.3. The van der Waals surface area contributed by atoms with Gasteiger partial charge in [-0.2, -0.15) is 0 Å². The van der Waals surface area contributed by atoms with Crippen LogP contribution in [0.25, 0.3) is 0 Å². The van der Waals surface area contributed by atoms with Crippen LogP contribution >= 0.6 is 11.6 Å². The van der Waals surface area contributed by atoms with Crippen molar-refractivity contribution in [2.45, 2.75) is 6.10 Å². The van der Waals surface area contributed by atoms with E-state index < -0.39 is 5.82 Å². The molecule has 0 saturated carbocycles. The van der Waals surface area contributed by atoms with Crippen LogP contribution in [0.4, 0.5) is 15.8 Å². The zero-order valence-electron chi connectivity index (χ0n) is 12.6. The second kappa shape index (κ2) is 6.56. The number of rotatable bonds is 4. The predicted molar refractivity (Wildman–Crippen MR) is 88.8 cm³/mol. The van der Waals surface area contributed by atoms with Crippen LogP contribution in [0.3, 0.4) is 0 Å². The zero-order chi connectivity index (χ0) is 16.4. The van der Waals surface area contributed by atoms with E-state index in [0.29, 0.717) is 5.69 Å². The summed E-state index contributed by atoms with van der Waals surface area (Å²) in [6.45, 7) is 1.74. The van der Waals surface area contributed by atoms with Crippen LogP contribution in [-0.2, 0) is 4.74 Å². The Bertz CT molecular complexity index is 715. The molecule has 0 aliphatic carbocycles. The molecule has 23 heavy (non-hydrogen) atoms. The summed E-state index contributed by atoms with van der Waals surface area (Å²) in [6, 6.07) is 11.2. The second-order valence-electron chi connectivity index (χ2n) is 5.39. The van der Waals surface area contributed by atoms with E-state index in [0.717, 1.165) is 24.8 Å². The van der Waals surface area contributed by atoms with E-state index in [1.807, 2.05) is 24.3 Å². The molecule has 1 fully saturated rings. The van der Waals surface area contributed by atoms with Crippen molar-refractivity contribution in [1.29, 1.82) is 0 Å². The molecule has 4 nitrogen and oxygen atoms in total. The van der Waals surface area contributed by atoms with Crippen LogP contribution in [0.2, 0.25) is 5.02 Å². The number of ether oxygens (including phenoxy) is 1. The van der Waals surface area contributed by atoms with Crippen molar-refractivity contribution in [2.75, 3.05) is 30.4 Å². The van der Waals surface area contributed by atoms with E-state index in [4.69, 9.17) is 16.3 Å². The molecule has 120 valence electrons. The number of carbonyl (C=O) groups excluding carboxylic acids is 1. The molecule has 0 atom stereocenters. The molecule has 0 radical (unpaired) electrons. The minimum absolute atomic E-state index is 0.0882. The lowest BCUT2D eigenvalue weighted by Gasteiger charge is -2.40. The van der Waals surface area contributed by atoms with E-state index in [2.05, 4.69) is 10.2 Å². The van der Waals surface area contributed by atoms with Crippen molar-refractivity contribution in [3.05, 3.63) is 58.9 Å². The number of nitrogens with zero attached hydrogens (tertiary/aromatic N) is 1. The highest BCUT2D eigenvalue weighted by atomic mass is 35.5. The number of carbonyl (C=O) groups is 1. The molecule has 2 aromatic carbocycles. The van der Waals surface area contributed by atoms with Crippen molar-refractivity contribution in [2.24, 2.45) is 0 Å². The van der Waals surface area contributed by atoms with Gasteiger partial charge in [0.2, 0.25) is 0 Å². The van der Waals surface area contributed by atoms with Gasteiger partial charge in [-0.05, 0) is 42.5 Å². The van der Waals surface area contributed by atoms with E-state index in [1.165, 1.54) is 12.1 Å². The van der Waals surface area contributed by atoms with E-state index in [-0.39, 0.29) is 22.6 Å². The Hall–Kier alpha value is -2.11. The number of halogens is 2. The summed E-state index contributed by atoms with van der Waals surface area (Å²) in [6.07, 6.45) is 0.287. The van der Waals surface area contributed by atoms with Crippen LogP contribution in [0.5, 0.6) is 0 Å². The monoisotopic (exact) mass is 334 g/mol. The summed E-state index contributed by atoms with van der Waals surface area (Å²) in [5.74, 6) is -0.842. The molecule has 3 rings (SSSR count). The minimum Gasteiger partial charge on any atom is -0.378 e. The molecule has 1 aliphatic heterocycles. The number of benzene rings is 2. The topological polar surface area (TPSA) is 41.6 Å². The van der Waals surface area contributed by atoms with Gasteiger partial charge in [-0.25, -0.2) is 4.39 Å². The molecule has 1 amide bonds. The fourth-order valence-corrected chi connectivity index (χ4v) is 2.68. The quantitative estimate of drug-likeness (QED) is 0.929. The predicted octanol–water partition coefficient (Wildman–Crippen LogP) is 3.57. The minimum atomic E-state index is -0.472. The van der Waals surface area contributed by atoms with Crippen LogP contribution < -0.4 is 10.2 Å². The summed E-state index contributed by atoms with van der Waals surface area (Å²) < 4.78 is 18.3. The number of anilines is 2. The van der Waals surface area contributed by atoms with Crippen LogP contribution in [0.1, 0.15) is 10.4 Å². The lowest BCUT2D eigenvalue weighted by molar-refractivity contribution is 0.0788. The first-order chi connectivity index (χ1) is 11.1. The van der Waals surface area contributed by atoms with Gasteiger partial charge in [0.25, 0.3) is 5.91 Å². The molecule has 2 aromatic rings. The largest absolute Gasteiger partial charge is 0.378 e. The summed E-state index contributed by atoms with van der Waals surface area (Å²) >= 11 is 5.89. The highest BCUT2D eigenvalue weighted by Gasteiger charge is 2.26. The van der Waals surface area contributed by atoms with E-state index in [9.17, 15) is 9.18 Å². The average Bonchev–Trinajstić information content (AvgIpc) is 2.47. The van der Waals surface area contributed by atoms with Crippen LogP contribution in [-0.4, -0.2) is 32.2 Å². The Balaban J connectivity index is 1.65. The number of methoxy groups -OCH3 is 1. The van der Waals surface area contributed by atoms with E-state index >= 15 is 0 Å². The maximum absolute atomic E-state index is 13.0. The molecule has 0 unspecified atom stereocenters. The van der Waals surface area contributed by atoms with E-state index in [1.54, 1.807) is 7.11 Å². The van der Waals surface area contributed by atoms with Gasteiger partial charge < -0.3 is 15.0 Å².